The molecule has 0 aliphatic heterocycles. The molecule has 17 heavy (non-hydrogen) atoms. The number of rotatable bonds is 2. The average Bonchev–Trinajstić information content (AvgIpc) is 2.29. The first-order valence-corrected chi connectivity index (χ1v) is 5.13. The lowest BCUT2D eigenvalue weighted by atomic mass is 10.2. The molecular weight excluding hydrogens is 221 g/mol. The van der Waals surface area contributed by atoms with E-state index in [1.165, 1.54) is 22.9 Å². The zero-order valence-electron chi connectivity index (χ0n) is 9.35. The maximum absolute atomic E-state index is 13.2. The van der Waals surface area contributed by atoms with Crippen molar-refractivity contribution in [2.75, 3.05) is 5.73 Å². The van der Waals surface area contributed by atoms with Crippen molar-refractivity contribution >= 4 is 5.69 Å². The van der Waals surface area contributed by atoms with E-state index < -0.39 is 5.82 Å². The van der Waals surface area contributed by atoms with Crippen molar-refractivity contribution in [1.82, 2.24) is 9.55 Å². The van der Waals surface area contributed by atoms with Crippen LogP contribution in [0, 0.1) is 12.7 Å². The van der Waals surface area contributed by atoms with Crippen LogP contribution < -0.4 is 11.4 Å². The van der Waals surface area contributed by atoms with Gasteiger partial charge in [0.1, 0.15) is 5.82 Å². The van der Waals surface area contributed by atoms with Gasteiger partial charge in [-0.05, 0) is 30.2 Å². The molecule has 1 aromatic carbocycles. The van der Waals surface area contributed by atoms with Crippen LogP contribution in [0.4, 0.5) is 10.1 Å². The van der Waals surface area contributed by atoms with Gasteiger partial charge in [0.2, 0.25) is 0 Å². The molecule has 0 fully saturated rings. The summed E-state index contributed by atoms with van der Waals surface area (Å²) in [4.78, 5) is 15.2. The predicted molar refractivity (Wildman–Crippen MR) is 63.1 cm³/mol. The van der Waals surface area contributed by atoms with Crippen LogP contribution in [0.1, 0.15) is 11.1 Å². The maximum atomic E-state index is 13.2. The molecule has 0 radical (unpaired) electrons. The first-order valence-electron chi connectivity index (χ1n) is 5.13. The Kier molecular flexibility index (Phi) is 2.91. The van der Waals surface area contributed by atoms with Crippen LogP contribution in [0.5, 0.6) is 0 Å². The normalized spacial score (nSPS) is 10.5. The minimum Gasteiger partial charge on any atom is -0.396 e. The Labute approximate surface area is 97.5 Å². The number of nitrogens with zero attached hydrogens (tertiary/aromatic N) is 2. The molecular formula is C12H12FN3O. The molecule has 0 atom stereocenters. The van der Waals surface area contributed by atoms with Crippen molar-refractivity contribution in [3.05, 3.63) is 58.0 Å². The molecule has 88 valence electrons. The van der Waals surface area contributed by atoms with Gasteiger partial charge in [0.15, 0.2) is 0 Å². The molecule has 0 spiro atoms. The Morgan fingerprint density at radius 1 is 1.47 bits per heavy atom. The summed E-state index contributed by atoms with van der Waals surface area (Å²) in [6.45, 7) is 2.12. The highest BCUT2D eigenvalue weighted by Gasteiger charge is 2.03. The molecule has 1 aromatic heterocycles. The van der Waals surface area contributed by atoms with E-state index in [9.17, 15) is 9.18 Å². The summed E-state index contributed by atoms with van der Waals surface area (Å²) in [5.74, 6) is -0.476. The number of aryl methyl sites for hydroxylation is 1. The zero-order chi connectivity index (χ0) is 12.4. The number of hydrogen-bond acceptors (Lipinski definition) is 3. The van der Waals surface area contributed by atoms with E-state index in [0.717, 1.165) is 5.56 Å². The fourth-order valence-electron chi connectivity index (χ4n) is 1.54. The number of aromatic nitrogens is 2. The fourth-order valence-corrected chi connectivity index (χ4v) is 1.54. The Balaban J connectivity index is 2.34. The Morgan fingerprint density at radius 3 is 2.94 bits per heavy atom. The molecule has 0 saturated carbocycles. The number of nitrogen functional groups attached to an aromatic ring is 1. The van der Waals surface area contributed by atoms with E-state index in [4.69, 9.17) is 5.73 Å². The van der Waals surface area contributed by atoms with E-state index >= 15 is 0 Å². The van der Waals surface area contributed by atoms with Gasteiger partial charge in [0.05, 0.1) is 12.2 Å². The second-order valence-corrected chi connectivity index (χ2v) is 3.90. The Morgan fingerprint density at radius 2 is 2.24 bits per heavy atom. The average molecular weight is 233 g/mol. The number of anilines is 1. The molecule has 0 unspecified atom stereocenters. The van der Waals surface area contributed by atoms with Crippen LogP contribution in [-0.2, 0) is 6.54 Å². The highest BCUT2D eigenvalue weighted by molar-refractivity contribution is 5.41. The van der Waals surface area contributed by atoms with Gasteiger partial charge in [-0.1, -0.05) is 6.07 Å². The lowest BCUT2D eigenvalue weighted by molar-refractivity contribution is 0.626. The molecule has 0 aliphatic rings. The van der Waals surface area contributed by atoms with Crippen molar-refractivity contribution in [3.8, 4) is 0 Å². The summed E-state index contributed by atoms with van der Waals surface area (Å²) in [6, 6.07) is 4.50. The standard InChI is InChI=1S/C12H12FN3O/c1-8-5-15-12(17)16(6-8)7-9-2-3-11(14)10(13)4-9/h2-6H,7,14H2,1H3. The summed E-state index contributed by atoms with van der Waals surface area (Å²) in [5.41, 5.74) is 6.67. The van der Waals surface area contributed by atoms with Crippen LogP contribution in [0.15, 0.2) is 35.4 Å². The largest absolute Gasteiger partial charge is 0.396 e. The number of hydrogen-bond donors (Lipinski definition) is 1. The first kappa shape index (κ1) is 11.3. The smallest absolute Gasteiger partial charge is 0.347 e. The molecule has 0 bridgehead atoms. The highest BCUT2D eigenvalue weighted by atomic mass is 19.1. The van der Waals surface area contributed by atoms with E-state index in [-0.39, 0.29) is 17.9 Å². The maximum Gasteiger partial charge on any atom is 0.347 e. The second kappa shape index (κ2) is 4.37. The van der Waals surface area contributed by atoms with E-state index in [2.05, 4.69) is 4.98 Å². The Hall–Kier alpha value is -2.17. The van der Waals surface area contributed by atoms with Crippen LogP contribution in [0.25, 0.3) is 0 Å². The lowest BCUT2D eigenvalue weighted by Gasteiger charge is -2.06. The molecule has 2 N–H and O–H groups in total. The van der Waals surface area contributed by atoms with Gasteiger partial charge in [0.25, 0.3) is 0 Å². The Bertz CT molecular complexity index is 607. The van der Waals surface area contributed by atoms with Crippen molar-refractivity contribution in [2.45, 2.75) is 13.5 Å². The van der Waals surface area contributed by atoms with Gasteiger partial charge in [-0.3, -0.25) is 4.57 Å². The summed E-state index contributed by atoms with van der Waals surface area (Å²) >= 11 is 0. The summed E-state index contributed by atoms with van der Waals surface area (Å²) in [5, 5.41) is 0. The van der Waals surface area contributed by atoms with Gasteiger partial charge < -0.3 is 5.73 Å². The molecule has 1 heterocycles. The number of halogens is 1. The van der Waals surface area contributed by atoms with Crippen molar-refractivity contribution in [2.24, 2.45) is 0 Å². The SMILES string of the molecule is Cc1cnc(=O)n(Cc2ccc(N)c(F)c2)c1. The highest BCUT2D eigenvalue weighted by Crippen LogP contribution is 2.12. The van der Waals surface area contributed by atoms with Crippen molar-refractivity contribution in [1.29, 1.82) is 0 Å². The summed E-state index contributed by atoms with van der Waals surface area (Å²) in [7, 11) is 0. The summed E-state index contributed by atoms with van der Waals surface area (Å²) < 4.78 is 14.7. The molecule has 4 nitrogen and oxygen atoms in total. The molecule has 0 saturated heterocycles. The molecule has 0 amide bonds. The van der Waals surface area contributed by atoms with Crippen LogP contribution in [0.2, 0.25) is 0 Å². The van der Waals surface area contributed by atoms with Gasteiger partial charge >= 0.3 is 5.69 Å². The van der Waals surface area contributed by atoms with Gasteiger partial charge in [0, 0.05) is 12.4 Å². The topological polar surface area (TPSA) is 60.9 Å². The number of nitrogens with two attached hydrogens (primary N) is 1. The first-order chi connectivity index (χ1) is 8.06. The van der Waals surface area contributed by atoms with Crippen LogP contribution in [0.3, 0.4) is 0 Å². The van der Waals surface area contributed by atoms with Crippen LogP contribution in [-0.4, -0.2) is 9.55 Å². The fraction of sp³-hybridized carbons (Fsp3) is 0.167. The van der Waals surface area contributed by atoms with E-state index in [1.807, 2.05) is 6.92 Å². The van der Waals surface area contributed by atoms with E-state index in [0.29, 0.717) is 5.56 Å². The van der Waals surface area contributed by atoms with E-state index in [1.54, 1.807) is 12.3 Å². The molecule has 2 aromatic rings. The molecule has 5 heteroatoms. The summed E-state index contributed by atoms with van der Waals surface area (Å²) in [6.07, 6.45) is 3.19. The molecule has 0 aliphatic carbocycles. The van der Waals surface area contributed by atoms with Gasteiger partial charge in [-0.15, -0.1) is 0 Å². The minimum absolute atomic E-state index is 0.100. The lowest BCUT2D eigenvalue weighted by Crippen LogP contribution is -2.22. The third kappa shape index (κ3) is 2.50. The minimum atomic E-state index is -0.476. The van der Waals surface area contributed by atoms with Crippen molar-refractivity contribution in [3.63, 3.8) is 0 Å². The van der Waals surface area contributed by atoms with Gasteiger partial charge in [-0.2, -0.15) is 0 Å². The number of benzene rings is 1. The zero-order valence-corrected chi connectivity index (χ0v) is 9.35. The van der Waals surface area contributed by atoms with Gasteiger partial charge in [-0.25, -0.2) is 14.2 Å². The van der Waals surface area contributed by atoms with Crippen LogP contribution >= 0.6 is 0 Å². The third-order valence-corrected chi connectivity index (χ3v) is 2.40. The third-order valence-electron chi connectivity index (χ3n) is 2.40. The molecule has 2 rings (SSSR count). The quantitative estimate of drug-likeness (QED) is 0.796. The monoisotopic (exact) mass is 233 g/mol. The second-order valence-electron chi connectivity index (χ2n) is 3.90. The predicted octanol–water partition coefficient (Wildman–Crippen LogP) is 1.32. The van der Waals surface area contributed by atoms with Crippen molar-refractivity contribution < 1.29 is 4.39 Å².